The van der Waals surface area contributed by atoms with Crippen LogP contribution < -0.4 is 21.3 Å². The van der Waals surface area contributed by atoms with E-state index in [0.717, 1.165) is 0 Å². The van der Waals surface area contributed by atoms with Gasteiger partial charge in [-0.1, -0.05) is 36.4 Å². The summed E-state index contributed by atoms with van der Waals surface area (Å²) in [6, 6.07) is 28.6. The van der Waals surface area contributed by atoms with Crippen LogP contribution in [-0.4, -0.2) is 24.1 Å². The van der Waals surface area contributed by atoms with E-state index in [1.54, 1.807) is 91.0 Å². The molecule has 0 unspecified atom stereocenters. The number of amides is 4. The summed E-state index contributed by atoms with van der Waals surface area (Å²) in [5, 5.41) is 10.9. The molecule has 0 aromatic heterocycles. The van der Waals surface area contributed by atoms with Gasteiger partial charge in [-0.3, -0.25) is 19.2 Å². The third-order valence-corrected chi connectivity index (χ3v) is 5.15. The number of anilines is 4. The maximum atomic E-state index is 12.8. The Kier molecular flexibility index (Phi) is 7.47. The van der Waals surface area contributed by atoms with E-state index in [1.165, 1.54) is 6.07 Å². The molecule has 8 heteroatoms. The van der Waals surface area contributed by atoms with Crippen LogP contribution in [0.3, 0.4) is 0 Å². The normalized spacial score (nSPS) is 10.1. The van der Waals surface area contributed by atoms with Gasteiger partial charge in [-0.2, -0.15) is 0 Å². The third kappa shape index (κ3) is 6.21. The van der Waals surface area contributed by atoms with Crippen LogP contribution in [0.25, 0.3) is 0 Å². The first-order chi connectivity index (χ1) is 17.5. The van der Waals surface area contributed by atoms with E-state index >= 15 is 0 Å². The van der Waals surface area contributed by atoms with Crippen molar-refractivity contribution in [3.05, 3.63) is 120 Å². The van der Waals surface area contributed by atoms with Gasteiger partial charge in [0.25, 0.3) is 17.7 Å². The zero-order valence-corrected chi connectivity index (χ0v) is 19.0. The summed E-state index contributed by atoms with van der Waals surface area (Å²) < 4.78 is 0. The van der Waals surface area contributed by atoms with E-state index in [0.29, 0.717) is 40.3 Å². The zero-order valence-electron chi connectivity index (χ0n) is 19.0. The second-order valence-corrected chi connectivity index (χ2v) is 7.73. The lowest BCUT2D eigenvalue weighted by atomic mass is 10.1. The Morgan fingerprint density at radius 2 is 0.889 bits per heavy atom. The van der Waals surface area contributed by atoms with Crippen molar-refractivity contribution in [1.29, 1.82) is 0 Å². The number of hydrogen-bond acceptors (Lipinski definition) is 4. The minimum Gasteiger partial charge on any atom is -0.329 e. The van der Waals surface area contributed by atoms with E-state index in [1.807, 2.05) is 6.07 Å². The molecule has 4 amide bonds. The van der Waals surface area contributed by atoms with Crippen molar-refractivity contribution in [2.75, 3.05) is 21.3 Å². The molecule has 0 fully saturated rings. The van der Waals surface area contributed by atoms with Gasteiger partial charge in [-0.15, -0.1) is 0 Å². The van der Waals surface area contributed by atoms with Crippen LogP contribution >= 0.6 is 0 Å². The van der Waals surface area contributed by atoms with Crippen molar-refractivity contribution in [1.82, 2.24) is 0 Å². The largest absolute Gasteiger partial charge is 0.329 e. The first-order valence-electron chi connectivity index (χ1n) is 11.0. The maximum Gasteiger partial charge on any atom is 0.255 e. The Balaban J connectivity index is 1.42. The molecule has 0 heterocycles. The number of carbonyl (C=O) groups excluding carboxylic acids is 4. The molecular weight excluding hydrogens is 456 g/mol. The van der Waals surface area contributed by atoms with Gasteiger partial charge in [0.2, 0.25) is 6.41 Å². The predicted molar refractivity (Wildman–Crippen MR) is 139 cm³/mol. The third-order valence-electron chi connectivity index (χ3n) is 5.15. The molecule has 0 radical (unpaired) electrons. The zero-order chi connectivity index (χ0) is 25.3. The van der Waals surface area contributed by atoms with Crippen LogP contribution in [0.2, 0.25) is 0 Å². The number of rotatable bonds is 8. The standard InChI is InChI=1S/C28H22N4O4/c33-18-29-22-11-5-12-23(16-22)31-27(35)20-9-4-10-21(15-20)28(36)32-25-14-6-13-24(17-25)30-26(34)19-7-2-1-3-8-19/h1-18H,(H,29,33)(H,30,34)(H,31,35)(H,32,36). The molecule has 0 spiro atoms. The van der Waals surface area contributed by atoms with E-state index in [2.05, 4.69) is 21.3 Å². The topological polar surface area (TPSA) is 116 Å². The van der Waals surface area contributed by atoms with Gasteiger partial charge in [0.05, 0.1) is 0 Å². The fourth-order valence-corrected chi connectivity index (χ4v) is 3.43. The van der Waals surface area contributed by atoms with Crippen LogP contribution in [0.1, 0.15) is 31.1 Å². The molecule has 178 valence electrons. The maximum absolute atomic E-state index is 12.8. The summed E-state index contributed by atoms with van der Waals surface area (Å²) in [7, 11) is 0. The molecule has 4 rings (SSSR count). The molecule has 4 N–H and O–H groups in total. The predicted octanol–water partition coefficient (Wildman–Crippen LogP) is 5.01. The molecule has 4 aromatic rings. The van der Waals surface area contributed by atoms with Crippen molar-refractivity contribution in [3.63, 3.8) is 0 Å². The number of hydrogen-bond donors (Lipinski definition) is 4. The van der Waals surface area contributed by atoms with Gasteiger partial charge in [0, 0.05) is 39.4 Å². The molecule has 0 aliphatic heterocycles. The molecular formula is C28H22N4O4. The van der Waals surface area contributed by atoms with E-state index in [4.69, 9.17) is 0 Å². The molecule has 0 saturated heterocycles. The number of benzene rings is 4. The summed E-state index contributed by atoms with van der Waals surface area (Å²) >= 11 is 0. The fraction of sp³-hybridized carbons (Fsp3) is 0. The minimum atomic E-state index is -0.409. The Bertz CT molecular complexity index is 1420. The van der Waals surface area contributed by atoms with Crippen molar-refractivity contribution >= 4 is 46.9 Å². The highest BCUT2D eigenvalue weighted by atomic mass is 16.2. The molecule has 4 aromatic carbocycles. The van der Waals surface area contributed by atoms with Crippen molar-refractivity contribution in [3.8, 4) is 0 Å². The van der Waals surface area contributed by atoms with Gasteiger partial charge in [0.1, 0.15) is 0 Å². The summed E-state index contributed by atoms with van der Waals surface area (Å²) in [6.07, 6.45) is 0.552. The Hall–Kier alpha value is -5.24. The lowest BCUT2D eigenvalue weighted by Crippen LogP contribution is -2.16. The lowest BCUT2D eigenvalue weighted by Gasteiger charge is -2.10. The van der Waals surface area contributed by atoms with Crippen LogP contribution in [0.4, 0.5) is 22.7 Å². The minimum absolute atomic E-state index is 0.259. The molecule has 0 atom stereocenters. The first-order valence-corrected chi connectivity index (χ1v) is 11.0. The molecule has 0 aliphatic rings. The number of nitrogens with one attached hydrogen (secondary N) is 4. The lowest BCUT2D eigenvalue weighted by molar-refractivity contribution is -0.105. The van der Waals surface area contributed by atoms with Crippen molar-refractivity contribution < 1.29 is 19.2 Å². The monoisotopic (exact) mass is 478 g/mol. The highest BCUT2D eigenvalue weighted by Gasteiger charge is 2.12. The van der Waals surface area contributed by atoms with E-state index < -0.39 is 11.8 Å². The molecule has 36 heavy (non-hydrogen) atoms. The average Bonchev–Trinajstić information content (AvgIpc) is 2.90. The second kappa shape index (κ2) is 11.3. The van der Waals surface area contributed by atoms with Crippen LogP contribution in [0, 0.1) is 0 Å². The summed E-state index contributed by atoms with van der Waals surface area (Å²) in [6.45, 7) is 0. The highest BCUT2D eigenvalue weighted by Crippen LogP contribution is 2.19. The van der Waals surface area contributed by atoms with Gasteiger partial charge < -0.3 is 21.3 Å². The van der Waals surface area contributed by atoms with Crippen molar-refractivity contribution in [2.24, 2.45) is 0 Å². The summed E-state index contributed by atoms with van der Waals surface area (Å²) in [5.41, 5.74) is 3.15. The first kappa shape index (κ1) is 23.9. The number of carbonyl (C=O) groups is 4. The fourth-order valence-electron chi connectivity index (χ4n) is 3.43. The average molecular weight is 479 g/mol. The Labute approximate surface area is 207 Å². The van der Waals surface area contributed by atoms with Crippen molar-refractivity contribution in [2.45, 2.75) is 0 Å². The molecule has 8 nitrogen and oxygen atoms in total. The summed E-state index contributed by atoms with van der Waals surface area (Å²) in [5.74, 6) is -1.07. The van der Waals surface area contributed by atoms with Crippen LogP contribution in [-0.2, 0) is 4.79 Å². The Morgan fingerprint density at radius 1 is 0.472 bits per heavy atom. The highest BCUT2D eigenvalue weighted by molar-refractivity contribution is 6.09. The molecule has 0 saturated carbocycles. The smallest absolute Gasteiger partial charge is 0.255 e. The molecule has 0 aliphatic carbocycles. The van der Waals surface area contributed by atoms with Crippen LogP contribution in [0.15, 0.2) is 103 Å². The second-order valence-electron chi connectivity index (χ2n) is 7.73. The van der Waals surface area contributed by atoms with Crippen LogP contribution in [0.5, 0.6) is 0 Å². The molecule has 0 bridgehead atoms. The van der Waals surface area contributed by atoms with Gasteiger partial charge >= 0.3 is 0 Å². The van der Waals surface area contributed by atoms with Gasteiger partial charge in [-0.05, 0) is 66.7 Å². The van der Waals surface area contributed by atoms with Gasteiger partial charge in [-0.25, -0.2) is 0 Å². The van der Waals surface area contributed by atoms with E-state index in [9.17, 15) is 19.2 Å². The van der Waals surface area contributed by atoms with E-state index in [-0.39, 0.29) is 11.5 Å². The SMILES string of the molecule is O=CNc1cccc(NC(=O)c2cccc(C(=O)Nc3cccc(NC(=O)c4ccccc4)c3)c2)c1. The van der Waals surface area contributed by atoms with Gasteiger partial charge in [0.15, 0.2) is 0 Å². The Morgan fingerprint density at radius 3 is 1.42 bits per heavy atom. The quantitative estimate of drug-likeness (QED) is 0.266. The summed E-state index contributed by atoms with van der Waals surface area (Å²) in [4.78, 5) is 48.6.